The minimum absolute atomic E-state index is 0.111. The van der Waals surface area contributed by atoms with Crippen molar-refractivity contribution in [3.63, 3.8) is 0 Å². The number of unbranched alkanes of at least 4 members (excludes halogenated alkanes) is 2. The number of amides is 1. The molecule has 5 aromatic rings. The molecular weight excluding hydrogens is 1250 g/mol. The van der Waals surface area contributed by atoms with Crippen molar-refractivity contribution in [2.24, 2.45) is 5.41 Å². The van der Waals surface area contributed by atoms with Gasteiger partial charge in [0.1, 0.15) is 6.54 Å². The Hall–Kier alpha value is -6.70. The number of Topliss-reactive ketones (excluding diaryl/α,β-unsaturated/α-hetero) is 1. The van der Waals surface area contributed by atoms with E-state index in [1.807, 2.05) is 54.1 Å². The summed E-state index contributed by atoms with van der Waals surface area (Å²) in [4.78, 5) is 30.0. The molecule has 0 radical (unpaired) electrons. The van der Waals surface area contributed by atoms with Crippen LogP contribution < -0.4 is 15.5 Å². The number of anilines is 2. The summed E-state index contributed by atoms with van der Waals surface area (Å²) < 4.78 is 100. The Bertz CT molecular complexity index is 3790. The Balaban J connectivity index is 0.737. The van der Waals surface area contributed by atoms with Crippen LogP contribution >= 0.6 is 0 Å². The first kappa shape index (κ1) is 74.1. The van der Waals surface area contributed by atoms with Crippen LogP contribution in [0.15, 0.2) is 121 Å². The van der Waals surface area contributed by atoms with Crippen molar-refractivity contribution < 1.29 is 63.8 Å². The number of aromatic nitrogens is 2. The minimum atomic E-state index is -4.33. The van der Waals surface area contributed by atoms with E-state index in [1.165, 1.54) is 5.56 Å². The highest BCUT2D eigenvalue weighted by atomic mass is 32.2. The van der Waals surface area contributed by atoms with Gasteiger partial charge in [-0.05, 0) is 130 Å². The lowest BCUT2D eigenvalue weighted by molar-refractivity contribution is -0.438. The number of carbonyl (C=O) groups excluding carboxylic acids is 2. The molecule has 1 aliphatic carbocycles. The zero-order chi connectivity index (χ0) is 68.4. The van der Waals surface area contributed by atoms with Gasteiger partial charge in [-0.1, -0.05) is 94.4 Å². The molecule has 516 valence electrons. The molecule has 2 aliphatic heterocycles. The van der Waals surface area contributed by atoms with E-state index in [0.717, 1.165) is 81.5 Å². The third kappa shape index (κ3) is 20.7. The summed E-state index contributed by atoms with van der Waals surface area (Å²) in [5.74, 6) is -0.687. The molecule has 4 aromatic carbocycles. The topological polar surface area (TPSA) is 243 Å². The Labute approximate surface area is 563 Å². The van der Waals surface area contributed by atoms with E-state index in [2.05, 4.69) is 134 Å². The van der Waals surface area contributed by atoms with Crippen molar-refractivity contribution in [1.29, 1.82) is 0 Å². The predicted molar refractivity (Wildman–Crippen MR) is 373 cm³/mol. The number of ether oxygens (including phenoxy) is 5. The Morgan fingerprint density at radius 2 is 1.34 bits per heavy atom. The molecule has 0 saturated carbocycles. The Morgan fingerprint density at radius 1 is 0.726 bits per heavy atom. The highest BCUT2D eigenvalue weighted by molar-refractivity contribution is 7.85. The van der Waals surface area contributed by atoms with E-state index < -0.39 is 26.0 Å². The third-order valence-electron chi connectivity index (χ3n) is 17.6. The fourth-order valence-corrected chi connectivity index (χ4v) is 13.9. The molecule has 95 heavy (non-hydrogen) atoms. The van der Waals surface area contributed by atoms with Gasteiger partial charge in [-0.15, -0.1) is 0 Å². The number of allylic oxidation sites excluding steroid dienone is 6. The normalized spacial score (nSPS) is 16.3. The number of carbonyl (C=O) groups is 2. The van der Waals surface area contributed by atoms with E-state index in [4.69, 9.17) is 28.8 Å². The highest BCUT2D eigenvalue weighted by Gasteiger charge is 2.44. The van der Waals surface area contributed by atoms with Crippen LogP contribution in [0.1, 0.15) is 141 Å². The van der Waals surface area contributed by atoms with E-state index in [9.17, 15) is 35.5 Å². The van der Waals surface area contributed by atoms with Crippen molar-refractivity contribution in [2.75, 3.05) is 128 Å². The molecule has 0 spiro atoms. The molecular formula is C73H99N7O13S2. The van der Waals surface area contributed by atoms with Crippen molar-refractivity contribution in [1.82, 2.24) is 20.0 Å². The number of nitrogens with one attached hydrogen (secondary N) is 2. The van der Waals surface area contributed by atoms with Crippen molar-refractivity contribution in [2.45, 2.75) is 117 Å². The summed E-state index contributed by atoms with van der Waals surface area (Å²) in [6, 6.07) is 30.7. The van der Waals surface area contributed by atoms with Crippen molar-refractivity contribution in [3.8, 4) is 5.69 Å². The summed E-state index contributed by atoms with van der Waals surface area (Å²) in [7, 11) is -4.94. The van der Waals surface area contributed by atoms with Gasteiger partial charge >= 0.3 is 0 Å². The zero-order valence-corrected chi connectivity index (χ0v) is 58.7. The second-order valence-corrected chi connectivity index (χ2v) is 29.8. The fraction of sp³-hybridized carbons (Fsp3) is 0.507. The van der Waals surface area contributed by atoms with E-state index in [0.29, 0.717) is 141 Å². The van der Waals surface area contributed by atoms with Crippen molar-refractivity contribution >= 4 is 60.3 Å². The summed E-state index contributed by atoms with van der Waals surface area (Å²) in [5.41, 5.74) is 13.1. The molecule has 0 unspecified atom stereocenters. The summed E-state index contributed by atoms with van der Waals surface area (Å²) >= 11 is 0. The number of benzene rings is 4. The van der Waals surface area contributed by atoms with Crippen LogP contribution in [0, 0.1) is 12.3 Å². The maximum Gasteiger partial charge on any atom is 0.264 e. The lowest BCUT2D eigenvalue weighted by atomic mass is 9.75. The fourth-order valence-electron chi connectivity index (χ4n) is 12.8. The molecule has 0 saturated heterocycles. The molecule has 22 heteroatoms. The Morgan fingerprint density at radius 3 is 1.98 bits per heavy atom. The number of rotatable bonds is 39. The average molecular weight is 1350 g/mol. The summed E-state index contributed by atoms with van der Waals surface area (Å²) in [6.07, 6.45) is 13.1. The van der Waals surface area contributed by atoms with Gasteiger partial charge in [-0.3, -0.25) is 14.1 Å². The zero-order valence-electron chi connectivity index (χ0n) is 57.0. The SMILES string of the molecule is Cc1nn(-c2ccc(C(=O)N(C)C)c(NCCCOCCOCCOCCOCCOCCCNCc3ccc(C(C=CC4=[N+](CCCCS(=O)(=O)O)c5ccccc5C4(C)C)=CC=C4N(CCCCS(=O)(=O)[O-])c5ccccc5C4(C)C)cc3)c2)c2c1C(=O)CC(C)(C)C2. The number of nitrogens with zero attached hydrogens (tertiary/aromatic N) is 5. The van der Waals surface area contributed by atoms with Crippen LogP contribution in [0.2, 0.25) is 0 Å². The lowest BCUT2D eigenvalue weighted by Gasteiger charge is -2.29. The monoisotopic (exact) mass is 1350 g/mol. The maximum atomic E-state index is 13.1. The van der Waals surface area contributed by atoms with Gasteiger partial charge < -0.3 is 48.7 Å². The van der Waals surface area contributed by atoms with Gasteiger partial charge in [0.15, 0.2) is 11.5 Å². The van der Waals surface area contributed by atoms with E-state index >= 15 is 0 Å². The second kappa shape index (κ2) is 34.0. The van der Waals surface area contributed by atoms with Crippen molar-refractivity contribution in [3.05, 3.63) is 166 Å². The lowest BCUT2D eigenvalue weighted by Crippen LogP contribution is -2.28. The molecule has 3 N–H and O–H groups in total. The Kier molecular flexibility index (Phi) is 26.5. The number of fused-ring (bicyclic) bond motifs is 3. The molecule has 8 rings (SSSR count). The van der Waals surface area contributed by atoms with Gasteiger partial charge in [-0.25, -0.2) is 13.1 Å². The third-order valence-corrected chi connectivity index (χ3v) is 19.2. The van der Waals surface area contributed by atoms with E-state index in [1.54, 1.807) is 19.0 Å². The number of hydrogen-bond acceptors (Lipinski definition) is 16. The average Bonchev–Trinajstić information content (AvgIpc) is 1.58. The van der Waals surface area contributed by atoms with Gasteiger partial charge in [0.2, 0.25) is 5.69 Å². The number of para-hydroxylation sites is 2. The minimum Gasteiger partial charge on any atom is -0.748 e. The van der Waals surface area contributed by atoms with Crippen LogP contribution in [-0.2, 0) is 67.7 Å². The second-order valence-electron chi connectivity index (χ2n) is 26.7. The predicted octanol–water partition coefficient (Wildman–Crippen LogP) is 10.8. The molecule has 3 heterocycles. The van der Waals surface area contributed by atoms with E-state index in [-0.39, 0.29) is 40.1 Å². The first-order chi connectivity index (χ1) is 45.3. The molecule has 0 fully saturated rings. The summed E-state index contributed by atoms with van der Waals surface area (Å²) in [6.45, 7) is 22.8. The van der Waals surface area contributed by atoms with Crippen LogP contribution in [-0.4, -0.2) is 180 Å². The van der Waals surface area contributed by atoms with Gasteiger partial charge in [0.05, 0.1) is 102 Å². The first-order valence-electron chi connectivity index (χ1n) is 33.3. The molecule has 3 aliphatic rings. The standard InChI is InChI=1S/C73H99N7O13S2/c1-54-69-65(51-71(2,3)52-66(69)81)80(76-54)58-30-31-59(70(82)77(8)9)62(50-58)75-35-19-39-90-41-43-92-45-47-93-46-44-91-42-40-89-38-18-34-74-53-55-24-26-56(27-25-55)57(28-32-67-72(4,5)60-20-10-12-22-63(60)78(67)36-14-16-48-94(83,84)85)29-33-68-73(6,7)61-21-11-13-23-64(61)79(68)37-15-17-49-95(86,87)88/h10-13,20-33,50,74H,14-19,34-49,51-53H2,1-9H3,(H2-,75,82,83,84,85,86,87,88). The first-order valence-corrected chi connectivity index (χ1v) is 36.5. The molecule has 0 bridgehead atoms. The molecule has 1 aromatic heterocycles. The highest BCUT2D eigenvalue weighted by Crippen LogP contribution is 2.48. The number of aryl methyl sites for hydroxylation is 1. The quantitative estimate of drug-likeness (QED) is 0.0143. The number of hydrogen-bond donors (Lipinski definition) is 3. The summed E-state index contributed by atoms with van der Waals surface area (Å²) in [5, 5.41) is 11.8. The van der Waals surface area contributed by atoms with Crippen LogP contribution in [0.5, 0.6) is 0 Å². The van der Waals surface area contributed by atoms with Crippen LogP contribution in [0.3, 0.4) is 0 Å². The molecule has 1 amide bonds. The largest absolute Gasteiger partial charge is 0.748 e. The van der Waals surface area contributed by atoms with Crippen LogP contribution in [0.4, 0.5) is 17.1 Å². The van der Waals surface area contributed by atoms with Gasteiger partial charge in [-0.2, -0.15) is 18.1 Å². The molecule has 20 nitrogen and oxygen atoms in total. The van der Waals surface area contributed by atoms with Gasteiger partial charge in [0.25, 0.3) is 16.0 Å². The molecule has 0 atom stereocenters. The number of ketones is 1. The van der Waals surface area contributed by atoms with Crippen LogP contribution in [0.25, 0.3) is 11.3 Å². The smallest absolute Gasteiger partial charge is 0.264 e. The maximum absolute atomic E-state index is 13.1. The van der Waals surface area contributed by atoms with Gasteiger partial charge in [0, 0.05) is 106 Å².